The normalized spacial score (nSPS) is 13.6. The zero-order chi connectivity index (χ0) is 46.7. The first-order valence-electron chi connectivity index (χ1n) is 27.5. The average molecular weight is 896 g/mol. The van der Waals surface area contributed by atoms with E-state index in [4.69, 9.17) is 4.74 Å². The van der Waals surface area contributed by atoms with E-state index < -0.39 is 18.2 Å². The summed E-state index contributed by atoms with van der Waals surface area (Å²) in [5.74, 6) is -0.543. The monoisotopic (exact) mass is 896 g/mol. The Balaban J connectivity index is 4.61. The van der Waals surface area contributed by atoms with Gasteiger partial charge in [0.25, 0.3) is 0 Å². The van der Waals surface area contributed by atoms with Crippen molar-refractivity contribution in [2.75, 3.05) is 6.61 Å². The second-order valence-electron chi connectivity index (χ2n) is 18.6. The second-order valence-corrected chi connectivity index (χ2v) is 18.6. The van der Waals surface area contributed by atoms with Crippen LogP contribution in [0.2, 0.25) is 0 Å². The molecule has 0 heterocycles. The number of aliphatic hydroxyl groups is 2. The molecule has 64 heavy (non-hydrogen) atoms. The lowest BCUT2D eigenvalue weighted by molar-refractivity contribution is -0.151. The van der Waals surface area contributed by atoms with Gasteiger partial charge in [-0.1, -0.05) is 236 Å². The molecule has 6 nitrogen and oxygen atoms in total. The molecule has 1 amide bonds. The van der Waals surface area contributed by atoms with E-state index in [-0.39, 0.29) is 24.9 Å². The van der Waals surface area contributed by atoms with Gasteiger partial charge >= 0.3 is 5.97 Å². The Labute approximate surface area is 397 Å². The molecule has 0 spiro atoms. The largest absolute Gasteiger partial charge is 0.462 e. The van der Waals surface area contributed by atoms with Crippen LogP contribution >= 0.6 is 0 Å². The van der Waals surface area contributed by atoms with E-state index in [0.717, 1.165) is 89.9 Å². The summed E-state index contributed by atoms with van der Waals surface area (Å²) in [7, 11) is 0. The summed E-state index contributed by atoms with van der Waals surface area (Å²) in [6.45, 7) is 6.36. The van der Waals surface area contributed by atoms with Gasteiger partial charge in [-0.2, -0.15) is 0 Å². The molecular weight excluding hydrogens is 791 g/mol. The number of carbonyl (C=O) groups is 2. The summed E-state index contributed by atoms with van der Waals surface area (Å²) < 4.78 is 5.91. The van der Waals surface area contributed by atoms with Crippen LogP contribution in [0.15, 0.2) is 60.8 Å². The van der Waals surface area contributed by atoms with Crippen LogP contribution in [0, 0.1) is 0 Å². The number of rotatable bonds is 49. The standard InChI is InChI=1S/C58H105NO5/c1-4-7-10-13-16-19-22-25-28-29-30-32-35-38-41-44-47-50-56(61)55(53-60)59-57(62)52-54(49-46-43-40-37-34-31-26-23-20-17-14-11-8-5-2)64-58(63)51-48-45-42-39-36-33-27-24-21-18-15-12-9-6-3/h8,11,17,20,26,31,33,36-37,40,54-56,60-61H,4-7,9-10,12-16,18-19,21-25,27-30,32,34-35,38-39,41-53H2,1-3H3,(H,59,62)/b11-8+,20-17+,31-26+,36-33-,40-37+. The lowest BCUT2D eigenvalue weighted by Crippen LogP contribution is -2.46. The van der Waals surface area contributed by atoms with E-state index in [1.807, 2.05) is 0 Å². The molecule has 3 unspecified atom stereocenters. The van der Waals surface area contributed by atoms with Crippen molar-refractivity contribution in [3.05, 3.63) is 60.8 Å². The van der Waals surface area contributed by atoms with E-state index >= 15 is 0 Å². The molecule has 0 fully saturated rings. The zero-order valence-electron chi connectivity index (χ0n) is 42.4. The number of allylic oxidation sites excluding steroid dienone is 10. The van der Waals surface area contributed by atoms with Crippen LogP contribution in [0.4, 0.5) is 0 Å². The molecule has 0 saturated heterocycles. The molecule has 0 radical (unpaired) electrons. The molecule has 0 aromatic carbocycles. The predicted octanol–water partition coefficient (Wildman–Crippen LogP) is 16.8. The number of hydrogen-bond donors (Lipinski definition) is 3. The highest BCUT2D eigenvalue weighted by Crippen LogP contribution is 2.17. The highest BCUT2D eigenvalue weighted by atomic mass is 16.5. The van der Waals surface area contributed by atoms with E-state index in [1.165, 1.54) is 135 Å². The van der Waals surface area contributed by atoms with Crippen molar-refractivity contribution in [1.29, 1.82) is 0 Å². The topological polar surface area (TPSA) is 95.9 Å². The molecule has 0 aliphatic carbocycles. The van der Waals surface area contributed by atoms with Crippen LogP contribution in [-0.4, -0.2) is 46.9 Å². The van der Waals surface area contributed by atoms with Gasteiger partial charge in [0.15, 0.2) is 0 Å². The van der Waals surface area contributed by atoms with Crippen molar-refractivity contribution >= 4 is 11.9 Å². The quantitative estimate of drug-likeness (QED) is 0.0321. The SMILES string of the molecule is CC/C=C/C/C=C/C/C=C/C/C=C/CCCC(CC(=O)NC(CO)C(O)CCCCCCCCCCCCCCCCCCC)OC(=O)CCCCC/C=C\CCCCCCCCC. The summed E-state index contributed by atoms with van der Waals surface area (Å²) in [6.07, 6.45) is 64.3. The van der Waals surface area contributed by atoms with Crippen LogP contribution in [-0.2, 0) is 14.3 Å². The minimum atomic E-state index is -0.806. The maximum atomic E-state index is 13.2. The Bertz CT molecular complexity index is 1140. The maximum Gasteiger partial charge on any atom is 0.306 e. The summed E-state index contributed by atoms with van der Waals surface area (Å²) >= 11 is 0. The number of carbonyl (C=O) groups excluding carboxylic acids is 2. The molecule has 372 valence electrons. The first-order valence-corrected chi connectivity index (χ1v) is 27.5. The van der Waals surface area contributed by atoms with Crippen molar-refractivity contribution in [2.45, 2.75) is 289 Å². The van der Waals surface area contributed by atoms with Gasteiger partial charge in [0, 0.05) is 6.42 Å². The molecular formula is C58H105NO5. The predicted molar refractivity (Wildman–Crippen MR) is 278 cm³/mol. The smallest absolute Gasteiger partial charge is 0.306 e. The van der Waals surface area contributed by atoms with Crippen LogP contribution in [0.5, 0.6) is 0 Å². The van der Waals surface area contributed by atoms with Crippen LogP contribution in [0.3, 0.4) is 0 Å². The Morgan fingerprint density at radius 2 is 0.859 bits per heavy atom. The first-order chi connectivity index (χ1) is 31.5. The molecule has 0 rings (SSSR count). The molecule has 0 aliphatic rings. The summed E-state index contributed by atoms with van der Waals surface area (Å²) in [6, 6.07) is -0.723. The maximum absolute atomic E-state index is 13.2. The van der Waals surface area contributed by atoms with Gasteiger partial charge in [-0.05, 0) is 83.5 Å². The lowest BCUT2D eigenvalue weighted by atomic mass is 10.0. The van der Waals surface area contributed by atoms with Crippen molar-refractivity contribution in [2.24, 2.45) is 0 Å². The van der Waals surface area contributed by atoms with Gasteiger partial charge in [-0.15, -0.1) is 0 Å². The fourth-order valence-electron chi connectivity index (χ4n) is 8.19. The Morgan fingerprint density at radius 1 is 0.469 bits per heavy atom. The van der Waals surface area contributed by atoms with Crippen LogP contribution in [0.25, 0.3) is 0 Å². The third-order valence-electron chi connectivity index (χ3n) is 12.3. The third-order valence-corrected chi connectivity index (χ3v) is 12.3. The lowest BCUT2D eigenvalue weighted by Gasteiger charge is -2.24. The van der Waals surface area contributed by atoms with Crippen molar-refractivity contribution < 1.29 is 24.5 Å². The number of ether oxygens (including phenoxy) is 1. The van der Waals surface area contributed by atoms with E-state index in [0.29, 0.717) is 19.3 Å². The highest BCUT2D eigenvalue weighted by Gasteiger charge is 2.24. The third kappa shape index (κ3) is 46.1. The van der Waals surface area contributed by atoms with Crippen molar-refractivity contribution in [3.8, 4) is 0 Å². The minimum absolute atomic E-state index is 0.0336. The number of esters is 1. The Kier molecular flexibility index (Phi) is 49.6. The Hall–Kier alpha value is -2.44. The van der Waals surface area contributed by atoms with Gasteiger partial charge in [0.2, 0.25) is 5.91 Å². The molecule has 3 atom stereocenters. The summed E-state index contributed by atoms with van der Waals surface area (Å²) in [5, 5.41) is 23.8. The second kappa shape index (κ2) is 51.5. The van der Waals surface area contributed by atoms with Crippen molar-refractivity contribution in [1.82, 2.24) is 5.32 Å². The molecule has 0 bridgehead atoms. The Morgan fingerprint density at radius 3 is 1.33 bits per heavy atom. The van der Waals surface area contributed by atoms with Crippen LogP contribution in [0.1, 0.15) is 271 Å². The molecule has 0 aromatic heterocycles. The van der Waals surface area contributed by atoms with Gasteiger partial charge in [0.05, 0.1) is 25.2 Å². The number of unbranched alkanes of at least 4 members (excludes halogenated alkanes) is 27. The molecule has 0 saturated carbocycles. The minimum Gasteiger partial charge on any atom is -0.462 e. The van der Waals surface area contributed by atoms with E-state index in [2.05, 4.69) is 86.8 Å². The fourth-order valence-corrected chi connectivity index (χ4v) is 8.19. The fraction of sp³-hybridized carbons (Fsp3) is 0.793. The zero-order valence-corrected chi connectivity index (χ0v) is 42.4. The highest BCUT2D eigenvalue weighted by molar-refractivity contribution is 5.77. The van der Waals surface area contributed by atoms with Gasteiger partial charge in [0.1, 0.15) is 6.10 Å². The number of amides is 1. The van der Waals surface area contributed by atoms with Crippen molar-refractivity contribution in [3.63, 3.8) is 0 Å². The summed E-state index contributed by atoms with van der Waals surface area (Å²) in [4.78, 5) is 26.2. The molecule has 6 heteroatoms. The van der Waals surface area contributed by atoms with Crippen LogP contribution < -0.4 is 5.32 Å². The molecule has 0 aliphatic heterocycles. The number of nitrogens with one attached hydrogen (secondary N) is 1. The van der Waals surface area contributed by atoms with Gasteiger partial charge in [-0.3, -0.25) is 9.59 Å². The van der Waals surface area contributed by atoms with E-state index in [1.54, 1.807) is 0 Å². The average Bonchev–Trinajstić information content (AvgIpc) is 3.29. The summed E-state index contributed by atoms with van der Waals surface area (Å²) in [5.41, 5.74) is 0. The first kappa shape index (κ1) is 61.6. The van der Waals surface area contributed by atoms with Gasteiger partial charge < -0.3 is 20.3 Å². The molecule has 0 aromatic rings. The number of hydrogen-bond acceptors (Lipinski definition) is 5. The van der Waals surface area contributed by atoms with E-state index in [9.17, 15) is 19.8 Å². The molecule has 3 N–H and O–H groups in total. The van der Waals surface area contributed by atoms with Gasteiger partial charge in [-0.25, -0.2) is 0 Å². The number of aliphatic hydroxyl groups excluding tert-OH is 2.